The lowest BCUT2D eigenvalue weighted by atomic mass is 10.3. The van der Waals surface area contributed by atoms with Crippen LogP contribution >= 0.6 is 46.7 Å². The van der Waals surface area contributed by atoms with Gasteiger partial charge < -0.3 is 10.3 Å². The third kappa shape index (κ3) is 15.1. The van der Waals surface area contributed by atoms with Crippen LogP contribution in [-0.2, 0) is 13.7 Å². The third-order valence-corrected chi connectivity index (χ3v) is 5.67. The number of anilines is 1. The average Bonchev–Trinajstić information content (AvgIpc) is 2.49. The van der Waals surface area contributed by atoms with Crippen molar-refractivity contribution < 1.29 is 13.7 Å². The number of halogens is 1. The molecule has 0 spiro atoms. The zero-order valence-corrected chi connectivity index (χ0v) is 19.1. The highest BCUT2D eigenvalue weighted by Gasteiger charge is 2.18. The van der Waals surface area contributed by atoms with E-state index in [2.05, 4.69) is 29.5 Å². The van der Waals surface area contributed by atoms with Crippen LogP contribution in [0.3, 0.4) is 0 Å². The van der Waals surface area contributed by atoms with Crippen LogP contribution < -0.4 is 11.0 Å². The van der Waals surface area contributed by atoms with Crippen LogP contribution in [0.5, 0.6) is 0 Å². The molecular weight excluding hydrogens is 450 g/mol. The Bertz CT molecular complexity index is 414. The van der Waals surface area contributed by atoms with Gasteiger partial charge in [0.05, 0.1) is 0 Å². The monoisotopic (exact) mass is 479 g/mol. The van der Waals surface area contributed by atoms with Gasteiger partial charge in [0.2, 0.25) is 0 Å². The minimum Gasteiger partial charge on any atom is -0.399 e. The largest absolute Gasteiger partial charge is 0.399 e. The fraction of sp³-hybridized carbons (Fsp3) is 0.571. The molecule has 128 valence electrons. The van der Waals surface area contributed by atoms with E-state index < -0.39 is 7.14 Å². The molecule has 1 rings (SSSR count). The highest BCUT2D eigenvalue weighted by Crippen LogP contribution is 2.43. The van der Waals surface area contributed by atoms with Crippen LogP contribution in [0.2, 0.25) is 0 Å². The van der Waals surface area contributed by atoms with Gasteiger partial charge in [0.25, 0.3) is 0 Å². The molecule has 0 fully saturated rings. The molecule has 0 saturated carbocycles. The molecule has 0 amide bonds. The Morgan fingerprint density at radius 2 is 1.27 bits per heavy atom. The lowest BCUT2D eigenvalue weighted by molar-refractivity contribution is 0.582. The summed E-state index contributed by atoms with van der Waals surface area (Å²) in [5.41, 5.74) is 6.29. The van der Waals surface area contributed by atoms with Gasteiger partial charge >= 0.3 is 16.9 Å². The highest BCUT2D eigenvalue weighted by atomic mass is 127. The van der Waals surface area contributed by atoms with Crippen molar-refractivity contribution in [3.63, 3.8) is 0 Å². The van der Waals surface area contributed by atoms with E-state index in [1.807, 2.05) is 38.1 Å². The van der Waals surface area contributed by atoms with Gasteiger partial charge in [0.15, 0.2) is 0 Å². The first-order valence-electron chi connectivity index (χ1n) is 6.95. The molecule has 0 aliphatic carbocycles. The number of nitrogens with two attached hydrogens (primary N) is 1. The van der Waals surface area contributed by atoms with Crippen molar-refractivity contribution in [3.8, 4) is 0 Å². The summed E-state index contributed by atoms with van der Waals surface area (Å²) in [6, 6.07) is 7.38. The molecule has 1 aromatic rings. The summed E-state index contributed by atoms with van der Waals surface area (Å²) in [4.78, 5) is 0. The van der Waals surface area contributed by atoms with E-state index in [1.165, 1.54) is 4.43 Å². The fourth-order valence-electron chi connectivity index (χ4n) is 1.33. The number of nitrogen functional groups attached to an aromatic ring is 1. The van der Waals surface area contributed by atoms with Gasteiger partial charge in [0.1, 0.15) is 20.5 Å². The summed E-state index contributed by atoms with van der Waals surface area (Å²) in [6.45, 7) is 9.25. The minimum absolute atomic E-state index is 0.167. The summed E-state index contributed by atoms with van der Waals surface area (Å²) in [6.07, 6.45) is 1.46. The molecule has 4 nitrogen and oxygen atoms in total. The van der Waals surface area contributed by atoms with Crippen molar-refractivity contribution in [1.82, 2.24) is 0 Å². The van der Waals surface area contributed by atoms with Crippen molar-refractivity contribution in [2.24, 2.45) is 0 Å². The van der Waals surface area contributed by atoms with E-state index in [1.54, 1.807) is 13.3 Å². The maximum atomic E-state index is 12.2. The number of rotatable bonds is 3. The van der Waals surface area contributed by atoms with Crippen molar-refractivity contribution in [2.45, 2.75) is 20.8 Å². The first-order valence-corrected chi connectivity index (χ1v) is 13.4. The Kier molecular flexibility index (Phi) is 23.6. The second kappa shape index (κ2) is 19.2. The molecule has 0 radical (unpaired) electrons. The molecule has 1 aromatic carbocycles. The topological polar surface area (TPSA) is 77.2 Å². The van der Waals surface area contributed by atoms with Crippen LogP contribution in [0.25, 0.3) is 0 Å². The zero-order chi connectivity index (χ0) is 18.0. The van der Waals surface area contributed by atoms with E-state index in [0.717, 1.165) is 23.3 Å². The zero-order valence-electron chi connectivity index (χ0n) is 14.1. The summed E-state index contributed by atoms with van der Waals surface area (Å²) >= 11 is 2.29. The second-order valence-corrected chi connectivity index (χ2v) is 9.69. The fourth-order valence-corrected chi connectivity index (χ4v) is 3.20. The molecule has 22 heavy (non-hydrogen) atoms. The number of alkyl halides is 1. The Hall–Kier alpha value is 0.180. The molecule has 0 aliphatic rings. The summed E-state index contributed by atoms with van der Waals surface area (Å²) < 4.78 is 31.4. The highest BCUT2D eigenvalue weighted by molar-refractivity contribution is 14.1. The van der Waals surface area contributed by atoms with E-state index in [-0.39, 0.29) is 16.9 Å². The van der Waals surface area contributed by atoms with Gasteiger partial charge in [-0.25, -0.2) is 0 Å². The quantitative estimate of drug-likeness (QED) is 0.286. The molecule has 0 aromatic heterocycles. The third-order valence-electron chi connectivity index (χ3n) is 2.39. The second-order valence-electron chi connectivity index (χ2n) is 3.79. The maximum absolute atomic E-state index is 12.2. The van der Waals surface area contributed by atoms with E-state index in [4.69, 9.17) is 14.9 Å². The molecule has 8 heteroatoms. The molecule has 0 aliphatic heterocycles. The Morgan fingerprint density at radius 3 is 1.50 bits per heavy atom. The Balaban J connectivity index is -0.000000334. The predicted molar refractivity (Wildman–Crippen MR) is 114 cm³/mol. The summed E-state index contributed by atoms with van der Waals surface area (Å²) in [7, 11) is -2.44. The number of hydrogen-bond donors (Lipinski definition) is 1. The Morgan fingerprint density at radius 1 is 1.00 bits per heavy atom. The van der Waals surface area contributed by atoms with E-state index >= 15 is 0 Å². The van der Waals surface area contributed by atoms with Gasteiger partial charge in [-0.2, -0.15) is 0 Å². The SMILES string of the molecule is CCI.CCP(=O)(CC)c1ccc(N)cc1.C[PH+]=O.C[PH+]=O. The summed E-state index contributed by atoms with van der Waals surface area (Å²) in [5.74, 6) is 0. The molecule has 0 heterocycles. The van der Waals surface area contributed by atoms with Gasteiger partial charge in [0, 0.05) is 23.3 Å². The van der Waals surface area contributed by atoms with Crippen LogP contribution in [0.4, 0.5) is 5.69 Å². The van der Waals surface area contributed by atoms with Crippen molar-refractivity contribution in [1.29, 1.82) is 0 Å². The number of hydrogen-bond acceptors (Lipinski definition) is 4. The van der Waals surface area contributed by atoms with E-state index in [0.29, 0.717) is 0 Å². The van der Waals surface area contributed by atoms with Crippen molar-refractivity contribution >= 4 is 57.6 Å². The lowest BCUT2D eigenvalue weighted by Gasteiger charge is -2.14. The molecule has 2 unspecified atom stereocenters. The maximum Gasteiger partial charge on any atom is 0.321 e. The molecule has 2 N–H and O–H groups in total. The van der Waals surface area contributed by atoms with Gasteiger partial charge in [-0.3, -0.25) is 0 Å². The van der Waals surface area contributed by atoms with Crippen LogP contribution in [0, 0.1) is 0 Å². The average molecular weight is 479 g/mol. The van der Waals surface area contributed by atoms with Crippen LogP contribution in [0.15, 0.2) is 24.3 Å². The van der Waals surface area contributed by atoms with Crippen LogP contribution in [0.1, 0.15) is 20.8 Å². The predicted octanol–water partition coefficient (Wildman–Crippen LogP) is 5.02. The molecular formula is C14H29INO3P3+2. The first-order chi connectivity index (χ1) is 10.4. The standard InChI is InChI=1S/C10H16NOP.C2H5I.2CH3OP/c1-3-13(12,4-2)10-7-5-9(11)6-8-10;1-2-3;2*1-3-2/h5-8H,3-4,11H2,1-2H3;2H2,1H3;2*1H3/p+2. The Labute approximate surface area is 151 Å². The van der Waals surface area contributed by atoms with E-state index in [9.17, 15) is 4.57 Å². The van der Waals surface area contributed by atoms with Crippen LogP contribution in [-0.4, -0.2) is 30.1 Å². The smallest absolute Gasteiger partial charge is 0.321 e. The first kappa shape index (κ1) is 27.0. The van der Waals surface area contributed by atoms with Gasteiger partial charge in [-0.05, 0) is 28.7 Å². The molecule has 0 bridgehead atoms. The van der Waals surface area contributed by atoms with Crippen molar-refractivity contribution in [3.05, 3.63) is 24.3 Å². The van der Waals surface area contributed by atoms with Gasteiger partial charge in [-0.15, -0.1) is 0 Å². The molecule has 2 atom stereocenters. The van der Waals surface area contributed by atoms with Gasteiger partial charge in [-0.1, -0.05) is 52.5 Å². The molecule has 0 saturated heterocycles. The summed E-state index contributed by atoms with van der Waals surface area (Å²) in [5, 5.41) is 0.951. The lowest BCUT2D eigenvalue weighted by Crippen LogP contribution is -2.08. The normalized spacial score (nSPS) is 9.55. The number of benzene rings is 1. The minimum atomic E-state index is -2.11. The van der Waals surface area contributed by atoms with Crippen molar-refractivity contribution in [2.75, 3.05) is 35.8 Å².